The van der Waals surface area contributed by atoms with Crippen molar-refractivity contribution in [1.82, 2.24) is 4.98 Å². The zero-order valence-electron chi connectivity index (χ0n) is 9.20. The number of rotatable bonds is 5. The predicted molar refractivity (Wildman–Crippen MR) is 69.0 cm³/mol. The van der Waals surface area contributed by atoms with Crippen LogP contribution in [0, 0.1) is 5.92 Å². The number of allylic oxidation sites excluding steroid dienone is 1. The topological polar surface area (TPSA) is 24.9 Å². The third kappa shape index (κ3) is 4.04. The van der Waals surface area contributed by atoms with Gasteiger partial charge in [-0.2, -0.15) is 0 Å². The van der Waals surface area contributed by atoms with Crippen LogP contribution in [0.5, 0.6) is 0 Å². The van der Waals surface area contributed by atoms with Crippen LogP contribution in [0.4, 0.5) is 5.69 Å². The van der Waals surface area contributed by atoms with Gasteiger partial charge in [-0.15, -0.1) is 6.58 Å². The molecule has 0 aliphatic heterocycles. The number of anilines is 1. The number of pyridine rings is 1. The molecule has 2 atom stereocenters. The lowest BCUT2D eigenvalue weighted by atomic mass is 10.00. The normalized spacial score (nSPS) is 14.3. The zero-order chi connectivity index (χ0) is 11.3. The van der Waals surface area contributed by atoms with Gasteiger partial charge in [0.05, 0.1) is 11.9 Å². The number of nitrogens with one attached hydrogen (secondary N) is 1. The maximum Gasteiger partial charge on any atom is 0.106 e. The van der Waals surface area contributed by atoms with Gasteiger partial charge in [0.1, 0.15) is 4.60 Å². The second-order valence-electron chi connectivity index (χ2n) is 3.80. The highest BCUT2D eigenvalue weighted by molar-refractivity contribution is 9.10. The van der Waals surface area contributed by atoms with Gasteiger partial charge < -0.3 is 5.32 Å². The van der Waals surface area contributed by atoms with Crippen molar-refractivity contribution in [3.05, 3.63) is 35.6 Å². The van der Waals surface area contributed by atoms with Gasteiger partial charge in [-0.3, -0.25) is 0 Å². The molecular formula is C12H17BrN2. The van der Waals surface area contributed by atoms with E-state index in [9.17, 15) is 0 Å². The van der Waals surface area contributed by atoms with E-state index in [1.54, 1.807) is 0 Å². The van der Waals surface area contributed by atoms with E-state index in [0.717, 1.165) is 16.7 Å². The van der Waals surface area contributed by atoms with E-state index in [0.29, 0.717) is 12.0 Å². The molecule has 0 radical (unpaired) electrons. The van der Waals surface area contributed by atoms with Crippen LogP contribution in [0.1, 0.15) is 20.3 Å². The van der Waals surface area contributed by atoms with Crippen LogP contribution in [-0.2, 0) is 0 Å². The van der Waals surface area contributed by atoms with Crippen molar-refractivity contribution in [2.45, 2.75) is 26.3 Å². The summed E-state index contributed by atoms with van der Waals surface area (Å²) < 4.78 is 0.861. The lowest BCUT2D eigenvalue weighted by Gasteiger charge is -2.20. The summed E-state index contributed by atoms with van der Waals surface area (Å²) in [7, 11) is 0. The Morgan fingerprint density at radius 1 is 1.53 bits per heavy atom. The molecule has 1 aromatic rings. The molecule has 1 aromatic heterocycles. The predicted octanol–water partition coefficient (Wildman–Crippen LogP) is 3.86. The van der Waals surface area contributed by atoms with Crippen LogP contribution < -0.4 is 5.32 Å². The van der Waals surface area contributed by atoms with Crippen molar-refractivity contribution < 1.29 is 0 Å². The van der Waals surface area contributed by atoms with Crippen molar-refractivity contribution in [3.8, 4) is 0 Å². The Labute approximate surface area is 99.9 Å². The van der Waals surface area contributed by atoms with Crippen LogP contribution in [0.15, 0.2) is 35.6 Å². The minimum atomic E-state index is 0.422. The molecule has 0 amide bonds. The molecule has 0 aliphatic rings. The fraction of sp³-hybridized carbons (Fsp3) is 0.417. The van der Waals surface area contributed by atoms with Gasteiger partial charge in [0, 0.05) is 6.04 Å². The number of aromatic nitrogens is 1. The first kappa shape index (κ1) is 12.2. The van der Waals surface area contributed by atoms with Gasteiger partial charge in [-0.05, 0) is 47.3 Å². The lowest BCUT2D eigenvalue weighted by molar-refractivity contribution is 0.517. The molecule has 2 nitrogen and oxygen atoms in total. The Kier molecular flexibility index (Phi) is 4.82. The standard InChI is InChI=1S/C12H17BrN2/c1-4-5-9(2)10(3)15-11-6-7-12(13)14-8-11/h4,6-10,15H,1,5H2,2-3H3. The van der Waals surface area contributed by atoms with Crippen molar-refractivity contribution in [1.29, 1.82) is 0 Å². The highest BCUT2D eigenvalue weighted by atomic mass is 79.9. The maximum atomic E-state index is 4.17. The van der Waals surface area contributed by atoms with E-state index in [2.05, 4.69) is 46.7 Å². The average Bonchev–Trinajstić information content (AvgIpc) is 2.22. The molecule has 1 N–H and O–H groups in total. The number of nitrogens with zero attached hydrogens (tertiary/aromatic N) is 1. The zero-order valence-corrected chi connectivity index (χ0v) is 10.8. The van der Waals surface area contributed by atoms with Gasteiger partial charge in [0.25, 0.3) is 0 Å². The fourth-order valence-electron chi connectivity index (χ4n) is 1.33. The maximum absolute atomic E-state index is 4.17. The highest BCUT2D eigenvalue weighted by Crippen LogP contribution is 2.16. The minimum Gasteiger partial charge on any atom is -0.381 e. The van der Waals surface area contributed by atoms with Crippen LogP contribution in [0.25, 0.3) is 0 Å². The first-order valence-electron chi connectivity index (χ1n) is 5.12. The molecule has 0 saturated carbocycles. The quantitative estimate of drug-likeness (QED) is 0.648. The van der Waals surface area contributed by atoms with E-state index in [1.807, 2.05) is 24.4 Å². The summed E-state index contributed by atoms with van der Waals surface area (Å²) in [6.07, 6.45) is 4.82. The van der Waals surface area contributed by atoms with E-state index >= 15 is 0 Å². The molecule has 0 aliphatic carbocycles. The Morgan fingerprint density at radius 2 is 2.27 bits per heavy atom. The lowest BCUT2D eigenvalue weighted by Crippen LogP contribution is -2.23. The molecule has 3 heteroatoms. The molecule has 2 unspecified atom stereocenters. The fourth-order valence-corrected chi connectivity index (χ4v) is 1.57. The van der Waals surface area contributed by atoms with E-state index in [1.165, 1.54) is 0 Å². The molecule has 1 heterocycles. The van der Waals surface area contributed by atoms with Crippen LogP contribution >= 0.6 is 15.9 Å². The Balaban J connectivity index is 2.53. The number of halogens is 1. The number of hydrogen-bond donors (Lipinski definition) is 1. The van der Waals surface area contributed by atoms with Gasteiger partial charge in [-0.1, -0.05) is 13.0 Å². The van der Waals surface area contributed by atoms with Crippen LogP contribution in [0.2, 0.25) is 0 Å². The molecule has 15 heavy (non-hydrogen) atoms. The Bertz CT molecular complexity index is 308. The first-order valence-corrected chi connectivity index (χ1v) is 5.91. The van der Waals surface area contributed by atoms with Crippen molar-refractivity contribution in [3.63, 3.8) is 0 Å². The monoisotopic (exact) mass is 268 g/mol. The van der Waals surface area contributed by atoms with Gasteiger partial charge in [0.2, 0.25) is 0 Å². The molecule has 0 bridgehead atoms. The highest BCUT2D eigenvalue weighted by Gasteiger charge is 2.10. The van der Waals surface area contributed by atoms with E-state index < -0.39 is 0 Å². The van der Waals surface area contributed by atoms with E-state index in [4.69, 9.17) is 0 Å². The summed E-state index contributed by atoms with van der Waals surface area (Å²) in [6.45, 7) is 8.15. The van der Waals surface area contributed by atoms with Crippen molar-refractivity contribution in [2.24, 2.45) is 5.92 Å². The molecule has 82 valence electrons. The summed E-state index contributed by atoms with van der Waals surface area (Å²) in [6, 6.07) is 4.38. The largest absolute Gasteiger partial charge is 0.381 e. The van der Waals surface area contributed by atoms with Gasteiger partial charge in [0.15, 0.2) is 0 Å². The van der Waals surface area contributed by atoms with Gasteiger partial charge >= 0.3 is 0 Å². The van der Waals surface area contributed by atoms with Crippen molar-refractivity contribution in [2.75, 3.05) is 5.32 Å². The molecular weight excluding hydrogens is 252 g/mol. The molecule has 0 saturated heterocycles. The molecule has 0 spiro atoms. The summed E-state index contributed by atoms with van der Waals surface area (Å²) in [5, 5.41) is 3.42. The second-order valence-corrected chi connectivity index (χ2v) is 4.62. The minimum absolute atomic E-state index is 0.422. The smallest absolute Gasteiger partial charge is 0.106 e. The SMILES string of the molecule is C=CCC(C)C(C)Nc1ccc(Br)nc1. The number of hydrogen-bond acceptors (Lipinski definition) is 2. The Hall–Kier alpha value is -0.830. The van der Waals surface area contributed by atoms with Gasteiger partial charge in [-0.25, -0.2) is 4.98 Å². The van der Waals surface area contributed by atoms with Crippen LogP contribution in [-0.4, -0.2) is 11.0 Å². The third-order valence-corrected chi connectivity index (χ3v) is 2.98. The summed E-state index contributed by atoms with van der Waals surface area (Å²) >= 11 is 3.31. The molecule has 0 aromatic carbocycles. The third-order valence-electron chi connectivity index (χ3n) is 2.51. The summed E-state index contributed by atoms with van der Waals surface area (Å²) in [5.41, 5.74) is 1.06. The molecule has 0 fully saturated rings. The summed E-state index contributed by atoms with van der Waals surface area (Å²) in [4.78, 5) is 4.17. The Morgan fingerprint density at radius 3 is 2.80 bits per heavy atom. The van der Waals surface area contributed by atoms with E-state index in [-0.39, 0.29) is 0 Å². The second kappa shape index (κ2) is 5.91. The van der Waals surface area contributed by atoms with Crippen molar-refractivity contribution >= 4 is 21.6 Å². The molecule has 1 rings (SSSR count). The average molecular weight is 269 g/mol. The first-order chi connectivity index (χ1) is 7.13. The summed E-state index contributed by atoms with van der Waals surface area (Å²) in [5.74, 6) is 0.575. The van der Waals surface area contributed by atoms with Crippen LogP contribution in [0.3, 0.4) is 0 Å².